The van der Waals surface area contributed by atoms with Gasteiger partial charge in [0.2, 0.25) is 17.7 Å². The van der Waals surface area contributed by atoms with Gasteiger partial charge >= 0.3 is 6.03 Å². The molecular weight excluding hydrogens is 406 g/mol. The van der Waals surface area contributed by atoms with Crippen LogP contribution in [-0.2, 0) is 20.9 Å². The SMILES string of the molecule is O=C(CCCCCNC(=O)Nc1cccc2c1CN(C1CCC(=O)NC1=O)C2=O)NO. The zero-order chi connectivity index (χ0) is 22.4. The molecule has 0 bridgehead atoms. The zero-order valence-corrected chi connectivity index (χ0v) is 16.9. The molecular formula is C20H25N5O6. The lowest BCUT2D eigenvalue weighted by molar-refractivity contribution is -0.137. The molecule has 2 heterocycles. The number of urea groups is 1. The van der Waals surface area contributed by atoms with E-state index in [1.54, 1.807) is 23.7 Å². The molecule has 1 fully saturated rings. The van der Waals surface area contributed by atoms with Gasteiger partial charge in [-0.25, -0.2) is 10.3 Å². The molecule has 3 rings (SSSR count). The highest BCUT2D eigenvalue weighted by molar-refractivity contribution is 6.06. The minimum absolute atomic E-state index is 0.170. The molecule has 11 heteroatoms. The molecule has 0 spiro atoms. The van der Waals surface area contributed by atoms with E-state index in [0.29, 0.717) is 42.6 Å². The number of carbonyl (C=O) groups excluding carboxylic acids is 5. The molecule has 1 aromatic rings. The number of rotatable bonds is 8. The van der Waals surface area contributed by atoms with Crippen molar-refractivity contribution in [3.05, 3.63) is 29.3 Å². The van der Waals surface area contributed by atoms with Crippen molar-refractivity contribution in [2.24, 2.45) is 0 Å². The summed E-state index contributed by atoms with van der Waals surface area (Å²) in [7, 11) is 0. The Labute approximate surface area is 178 Å². The summed E-state index contributed by atoms with van der Waals surface area (Å²) in [6, 6.07) is 3.86. The van der Waals surface area contributed by atoms with E-state index < -0.39 is 23.9 Å². The van der Waals surface area contributed by atoms with Crippen molar-refractivity contribution < 1.29 is 29.2 Å². The Morgan fingerprint density at radius 3 is 2.71 bits per heavy atom. The lowest BCUT2D eigenvalue weighted by Gasteiger charge is -2.29. The quantitative estimate of drug-likeness (QED) is 0.176. The maximum absolute atomic E-state index is 12.8. The predicted octanol–water partition coefficient (Wildman–Crippen LogP) is 0.635. The lowest BCUT2D eigenvalue weighted by Crippen LogP contribution is -2.52. The molecule has 166 valence electrons. The van der Waals surface area contributed by atoms with Crippen LogP contribution in [0.1, 0.15) is 54.4 Å². The van der Waals surface area contributed by atoms with Gasteiger partial charge in [0.15, 0.2) is 0 Å². The number of unbranched alkanes of at least 4 members (excludes halogenated alkanes) is 2. The van der Waals surface area contributed by atoms with Crippen LogP contribution in [-0.4, -0.2) is 52.4 Å². The molecule has 0 radical (unpaired) electrons. The number of benzene rings is 1. The normalized spacial score (nSPS) is 17.8. The maximum Gasteiger partial charge on any atom is 0.319 e. The average molecular weight is 431 g/mol. The summed E-state index contributed by atoms with van der Waals surface area (Å²) in [4.78, 5) is 60.9. The topological polar surface area (TPSA) is 157 Å². The first-order chi connectivity index (χ1) is 14.9. The number of hydrogen-bond acceptors (Lipinski definition) is 6. The van der Waals surface area contributed by atoms with Crippen molar-refractivity contribution >= 4 is 35.3 Å². The number of nitrogens with one attached hydrogen (secondary N) is 4. The fourth-order valence-electron chi connectivity index (χ4n) is 3.71. The number of nitrogens with zero attached hydrogens (tertiary/aromatic N) is 1. The number of anilines is 1. The summed E-state index contributed by atoms with van der Waals surface area (Å²) in [5.74, 6) is -1.58. The second-order valence-corrected chi connectivity index (χ2v) is 7.46. The van der Waals surface area contributed by atoms with E-state index in [-0.39, 0.29) is 37.6 Å². The van der Waals surface area contributed by atoms with Crippen LogP contribution in [0.15, 0.2) is 18.2 Å². The zero-order valence-electron chi connectivity index (χ0n) is 16.9. The Balaban J connectivity index is 1.53. The minimum Gasteiger partial charge on any atom is -0.338 e. The number of hydroxylamine groups is 1. The monoisotopic (exact) mass is 431 g/mol. The molecule has 0 aliphatic carbocycles. The fraction of sp³-hybridized carbons (Fsp3) is 0.450. The van der Waals surface area contributed by atoms with Crippen molar-refractivity contribution in [2.45, 2.75) is 51.1 Å². The summed E-state index contributed by atoms with van der Waals surface area (Å²) >= 11 is 0. The van der Waals surface area contributed by atoms with Crippen LogP contribution < -0.4 is 21.4 Å². The highest BCUT2D eigenvalue weighted by Gasteiger charge is 2.39. The molecule has 2 aliphatic heterocycles. The standard InChI is InChI=1S/C20H25N5O6/c26-16-9-8-15(18(28)23-16)25-11-13-12(19(25)29)5-4-6-14(13)22-20(30)21-10-3-1-2-7-17(27)24-31/h4-6,15,31H,1-3,7-11H2,(H,24,27)(H2,21,22,30)(H,23,26,28). The van der Waals surface area contributed by atoms with Crippen LogP contribution in [0, 0.1) is 0 Å². The highest BCUT2D eigenvalue weighted by atomic mass is 16.5. The lowest BCUT2D eigenvalue weighted by atomic mass is 10.0. The molecule has 31 heavy (non-hydrogen) atoms. The molecule has 11 nitrogen and oxygen atoms in total. The molecule has 1 atom stereocenters. The molecule has 1 aromatic carbocycles. The van der Waals surface area contributed by atoms with Gasteiger partial charge in [-0.2, -0.15) is 0 Å². The van der Waals surface area contributed by atoms with Gasteiger partial charge in [0.25, 0.3) is 5.91 Å². The van der Waals surface area contributed by atoms with Crippen LogP contribution in [0.5, 0.6) is 0 Å². The van der Waals surface area contributed by atoms with Crippen molar-refractivity contribution in [3.63, 3.8) is 0 Å². The second kappa shape index (κ2) is 10.0. The Kier molecular flexibility index (Phi) is 7.19. The maximum atomic E-state index is 12.8. The third-order valence-electron chi connectivity index (χ3n) is 5.32. The van der Waals surface area contributed by atoms with Gasteiger partial charge in [0, 0.05) is 42.7 Å². The first kappa shape index (κ1) is 22.2. The van der Waals surface area contributed by atoms with Gasteiger partial charge in [-0.05, 0) is 31.4 Å². The van der Waals surface area contributed by atoms with E-state index in [9.17, 15) is 24.0 Å². The van der Waals surface area contributed by atoms with Gasteiger partial charge in [0.1, 0.15) is 6.04 Å². The van der Waals surface area contributed by atoms with Crippen LogP contribution in [0.3, 0.4) is 0 Å². The number of carbonyl (C=O) groups is 5. The number of hydrogen-bond donors (Lipinski definition) is 5. The summed E-state index contributed by atoms with van der Waals surface area (Å²) in [6.45, 7) is 0.576. The highest BCUT2D eigenvalue weighted by Crippen LogP contribution is 2.32. The van der Waals surface area contributed by atoms with E-state index in [2.05, 4.69) is 16.0 Å². The number of piperidine rings is 1. The summed E-state index contributed by atoms with van der Waals surface area (Å²) < 4.78 is 0. The number of amides is 6. The Morgan fingerprint density at radius 2 is 1.97 bits per heavy atom. The smallest absolute Gasteiger partial charge is 0.319 e. The fourth-order valence-corrected chi connectivity index (χ4v) is 3.71. The first-order valence-electron chi connectivity index (χ1n) is 10.1. The number of imide groups is 1. The summed E-state index contributed by atoms with van der Waals surface area (Å²) in [5, 5.41) is 16.2. The second-order valence-electron chi connectivity index (χ2n) is 7.46. The van der Waals surface area contributed by atoms with Crippen molar-refractivity contribution in [1.29, 1.82) is 0 Å². The van der Waals surface area contributed by atoms with Crippen LogP contribution in [0.25, 0.3) is 0 Å². The third kappa shape index (κ3) is 5.37. The Morgan fingerprint density at radius 1 is 1.16 bits per heavy atom. The average Bonchev–Trinajstić information content (AvgIpc) is 3.08. The molecule has 5 N–H and O–H groups in total. The Hall–Kier alpha value is -3.47. The summed E-state index contributed by atoms with van der Waals surface area (Å²) in [6.07, 6.45) is 2.64. The van der Waals surface area contributed by atoms with E-state index >= 15 is 0 Å². The minimum atomic E-state index is -0.716. The predicted molar refractivity (Wildman–Crippen MR) is 108 cm³/mol. The van der Waals surface area contributed by atoms with E-state index in [4.69, 9.17) is 5.21 Å². The van der Waals surface area contributed by atoms with E-state index in [1.807, 2.05) is 0 Å². The van der Waals surface area contributed by atoms with Crippen molar-refractivity contribution in [2.75, 3.05) is 11.9 Å². The van der Waals surface area contributed by atoms with E-state index in [1.165, 1.54) is 4.90 Å². The molecule has 1 saturated heterocycles. The van der Waals surface area contributed by atoms with Gasteiger partial charge < -0.3 is 15.5 Å². The van der Waals surface area contributed by atoms with Crippen molar-refractivity contribution in [3.8, 4) is 0 Å². The summed E-state index contributed by atoms with van der Waals surface area (Å²) in [5.41, 5.74) is 3.10. The number of fused-ring (bicyclic) bond motifs is 1. The van der Waals surface area contributed by atoms with Gasteiger partial charge in [0.05, 0.1) is 0 Å². The van der Waals surface area contributed by atoms with Crippen LogP contribution in [0.4, 0.5) is 10.5 Å². The first-order valence-corrected chi connectivity index (χ1v) is 10.1. The van der Waals surface area contributed by atoms with Gasteiger partial charge in [-0.15, -0.1) is 0 Å². The Bertz CT molecular complexity index is 902. The van der Waals surface area contributed by atoms with E-state index in [0.717, 1.165) is 0 Å². The molecule has 0 saturated carbocycles. The molecule has 1 unspecified atom stereocenters. The van der Waals surface area contributed by atoms with Crippen LogP contribution in [0.2, 0.25) is 0 Å². The largest absolute Gasteiger partial charge is 0.338 e. The molecule has 0 aromatic heterocycles. The molecule has 6 amide bonds. The van der Waals surface area contributed by atoms with Crippen LogP contribution >= 0.6 is 0 Å². The van der Waals surface area contributed by atoms with Gasteiger partial charge in [-0.3, -0.25) is 29.7 Å². The van der Waals surface area contributed by atoms with Gasteiger partial charge in [-0.1, -0.05) is 12.5 Å². The molecule has 2 aliphatic rings. The van der Waals surface area contributed by atoms with Crippen molar-refractivity contribution in [1.82, 2.24) is 21.0 Å². The third-order valence-corrected chi connectivity index (χ3v) is 5.32.